The van der Waals surface area contributed by atoms with Gasteiger partial charge in [-0.2, -0.15) is 5.10 Å². The number of carbonyl (C=O) groups is 2. The van der Waals surface area contributed by atoms with Gasteiger partial charge in [0.05, 0.1) is 17.1 Å². The standard InChI is InChI=1S/C23H25N9O3/c24-22-18(13-17(27-29-22)16-3-1-2-4-19(16)33)31-11-9-30(10-12-31)14-15-5-6-20(28-26-15)32-8-7-21(34)25-23(32)35/h1-6,13,33H,7-12,14H2,(H2,24,29)(H,25,34,35). The van der Waals surface area contributed by atoms with Gasteiger partial charge in [-0.15, -0.1) is 15.3 Å². The Hall–Kier alpha value is -4.32. The molecule has 0 radical (unpaired) electrons. The largest absolute Gasteiger partial charge is 0.507 e. The fourth-order valence-electron chi connectivity index (χ4n) is 4.21. The lowest BCUT2D eigenvalue weighted by Gasteiger charge is -2.36. The van der Waals surface area contributed by atoms with Gasteiger partial charge in [-0.1, -0.05) is 12.1 Å². The van der Waals surface area contributed by atoms with Gasteiger partial charge in [-0.25, -0.2) is 4.79 Å². The maximum atomic E-state index is 12.0. The minimum atomic E-state index is -0.477. The number of phenolic OH excluding ortho intramolecular Hbond substituents is 1. The number of anilines is 3. The molecule has 0 atom stereocenters. The van der Waals surface area contributed by atoms with Crippen molar-refractivity contribution in [3.8, 4) is 17.0 Å². The van der Waals surface area contributed by atoms with Crippen molar-refractivity contribution < 1.29 is 14.7 Å². The number of aromatic hydroxyl groups is 1. The van der Waals surface area contributed by atoms with Crippen LogP contribution in [0, 0.1) is 0 Å². The van der Waals surface area contributed by atoms with Gasteiger partial charge >= 0.3 is 6.03 Å². The van der Waals surface area contributed by atoms with Gasteiger partial charge in [0.15, 0.2) is 11.6 Å². The predicted molar refractivity (Wildman–Crippen MR) is 129 cm³/mol. The minimum absolute atomic E-state index is 0.142. The molecule has 4 N–H and O–H groups in total. The summed E-state index contributed by atoms with van der Waals surface area (Å²) >= 11 is 0. The van der Waals surface area contributed by atoms with E-state index in [0.717, 1.165) is 37.6 Å². The number of nitrogens with two attached hydrogens (primary N) is 1. The average molecular weight is 476 g/mol. The SMILES string of the molecule is Nc1nnc(-c2ccccc2O)cc1N1CCN(Cc2ccc(N3CCC(=O)NC3=O)nn2)CC1. The molecule has 0 aliphatic carbocycles. The Labute approximate surface area is 201 Å². The summed E-state index contributed by atoms with van der Waals surface area (Å²) in [6.07, 6.45) is 0.241. The second kappa shape index (κ2) is 9.50. The fourth-order valence-corrected chi connectivity index (χ4v) is 4.21. The molecular formula is C23H25N9O3. The highest BCUT2D eigenvalue weighted by Gasteiger charge is 2.26. The Bertz CT molecular complexity index is 1240. The van der Waals surface area contributed by atoms with Crippen LogP contribution in [0.1, 0.15) is 12.1 Å². The number of nitrogens with one attached hydrogen (secondary N) is 1. The van der Waals surface area contributed by atoms with Gasteiger partial charge < -0.3 is 15.7 Å². The first-order valence-electron chi connectivity index (χ1n) is 11.3. The van der Waals surface area contributed by atoms with Crippen LogP contribution in [0.2, 0.25) is 0 Å². The average Bonchev–Trinajstić information content (AvgIpc) is 2.86. The third-order valence-electron chi connectivity index (χ3n) is 6.12. The summed E-state index contributed by atoms with van der Waals surface area (Å²) in [6, 6.07) is 12.0. The Morgan fingerprint density at radius 3 is 2.46 bits per heavy atom. The third-order valence-corrected chi connectivity index (χ3v) is 6.12. The summed E-state index contributed by atoms with van der Waals surface area (Å²) < 4.78 is 0. The number of benzene rings is 1. The summed E-state index contributed by atoms with van der Waals surface area (Å²) in [5.41, 5.74) is 8.89. The van der Waals surface area contributed by atoms with Crippen LogP contribution < -0.4 is 20.9 Å². The number of carbonyl (C=O) groups excluding carboxylic acids is 2. The molecule has 2 aliphatic rings. The first-order valence-corrected chi connectivity index (χ1v) is 11.3. The topological polar surface area (TPSA) is 154 Å². The number of hydrogen-bond donors (Lipinski definition) is 3. The molecule has 2 saturated heterocycles. The van der Waals surface area contributed by atoms with Crippen LogP contribution in [-0.2, 0) is 11.3 Å². The van der Waals surface area contributed by atoms with Crippen molar-refractivity contribution in [3.05, 3.63) is 48.2 Å². The zero-order chi connectivity index (χ0) is 24.4. The molecule has 1 aromatic carbocycles. The summed E-state index contributed by atoms with van der Waals surface area (Å²) in [5, 5.41) is 29.1. The smallest absolute Gasteiger partial charge is 0.329 e. The molecule has 5 rings (SSSR count). The van der Waals surface area contributed by atoms with Crippen molar-refractivity contribution in [2.75, 3.05) is 48.3 Å². The highest BCUT2D eigenvalue weighted by molar-refractivity contribution is 6.05. The van der Waals surface area contributed by atoms with Crippen molar-refractivity contribution in [2.45, 2.75) is 13.0 Å². The van der Waals surface area contributed by atoms with Crippen molar-refractivity contribution in [2.24, 2.45) is 0 Å². The van der Waals surface area contributed by atoms with Crippen molar-refractivity contribution in [1.82, 2.24) is 30.6 Å². The normalized spacial score (nSPS) is 16.9. The van der Waals surface area contributed by atoms with Crippen molar-refractivity contribution >= 4 is 29.3 Å². The van der Waals surface area contributed by atoms with E-state index in [9.17, 15) is 14.7 Å². The molecule has 4 heterocycles. The monoisotopic (exact) mass is 475 g/mol. The van der Waals surface area contributed by atoms with Gasteiger partial charge in [0, 0.05) is 51.3 Å². The van der Waals surface area contributed by atoms with Gasteiger partial charge in [-0.3, -0.25) is 19.9 Å². The zero-order valence-corrected chi connectivity index (χ0v) is 19.0. The molecule has 3 aromatic rings. The molecule has 3 amide bonds. The molecule has 0 saturated carbocycles. The number of hydrogen-bond acceptors (Lipinski definition) is 10. The first kappa shape index (κ1) is 22.5. The van der Waals surface area contributed by atoms with Crippen molar-refractivity contribution in [3.63, 3.8) is 0 Å². The van der Waals surface area contributed by atoms with E-state index in [1.165, 1.54) is 4.90 Å². The quantitative estimate of drug-likeness (QED) is 0.487. The predicted octanol–water partition coefficient (Wildman–Crippen LogP) is 0.990. The van der Waals surface area contributed by atoms with E-state index in [2.05, 4.69) is 35.5 Å². The molecule has 0 unspecified atom stereocenters. The van der Waals surface area contributed by atoms with E-state index >= 15 is 0 Å². The number of urea groups is 1. The van der Waals surface area contributed by atoms with Crippen LogP contribution in [0.25, 0.3) is 11.3 Å². The molecule has 2 aliphatic heterocycles. The number of nitrogens with zero attached hydrogens (tertiary/aromatic N) is 7. The molecule has 2 fully saturated rings. The second-order valence-corrected chi connectivity index (χ2v) is 8.42. The van der Waals surface area contributed by atoms with E-state index in [4.69, 9.17) is 5.73 Å². The van der Waals surface area contributed by atoms with Gasteiger partial charge in [0.2, 0.25) is 5.91 Å². The maximum Gasteiger partial charge on any atom is 0.329 e. The van der Waals surface area contributed by atoms with E-state index in [0.29, 0.717) is 36.0 Å². The first-order chi connectivity index (χ1) is 17.0. The van der Waals surface area contributed by atoms with Gasteiger partial charge in [-0.05, 0) is 30.3 Å². The molecule has 12 heteroatoms. The molecule has 2 aromatic heterocycles. The maximum absolute atomic E-state index is 12.0. The Morgan fingerprint density at radius 1 is 0.943 bits per heavy atom. The number of rotatable bonds is 5. The number of phenols is 1. The van der Waals surface area contributed by atoms with Crippen LogP contribution >= 0.6 is 0 Å². The summed E-state index contributed by atoms with van der Waals surface area (Å²) in [4.78, 5) is 29.1. The Kier molecular flexibility index (Phi) is 6.10. The van der Waals surface area contributed by atoms with Crippen molar-refractivity contribution in [1.29, 1.82) is 0 Å². The van der Waals surface area contributed by atoms with Crippen LogP contribution in [0.5, 0.6) is 5.75 Å². The fraction of sp³-hybridized carbons (Fsp3) is 0.304. The number of imide groups is 1. The van der Waals surface area contributed by atoms with E-state index in [-0.39, 0.29) is 18.1 Å². The van der Waals surface area contributed by atoms with E-state index in [1.54, 1.807) is 24.3 Å². The molecule has 180 valence electrons. The number of para-hydroxylation sites is 1. The molecular weight excluding hydrogens is 450 g/mol. The lowest BCUT2D eigenvalue weighted by Crippen LogP contribution is -2.50. The Morgan fingerprint density at radius 2 is 1.74 bits per heavy atom. The van der Waals surface area contributed by atoms with E-state index < -0.39 is 6.03 Å². The number of piperazine rings is 1. The molecule has 12 nitrogen and oxygen atoms in total. The lowest BCUT2D eigenvalue weighted by molar-refractivity contribution is -0.120. The van der Waals surface area contributed by atoms with Crippen LogP contribution in [0.4, 0.5) is 22.1 Å². The molecule has 35 heavy (non-hydrogen) atoms. The highest BCUT2D eigenvalue weighted by atomic mass is 16.3. The zero-order valence-electron chi connectivity index (χ0n) is 19.0. The number of nitrogen functional groups attached to an aromatic ring is 1. The van der Waals surface area contributed by atoms with Crippen LogP contribution in [0.3, 0.4) is 0 Å². The Balaban J connectivity index is 1.20. The summed E-state index contributed by atoms with van der Waals surface area (Å²) in [5.74, 6) is 0.629. The van der Waals surface area contributed by atoms with E-state index in [1.807, 2.05) is 18.2 Å². The van der Waals surface area contributed by atoms with Crippen LogP contribution in [-0.4, -0.2) is 75.1 Å². The molecule has 0 bridgehead atoms. The number of amides is 3. The second-order valence-electron chi connectivity index (χ2n) is 8.42. The minimum Gasteiger partial charge on any atom is -0.507 e. The highest BCUT2D eigenvalue weighted by Crippen LogP contribution is 2.31. The van der Waals surface area contributed by atoms with Crippen LogP contribution in [0.15, 0.2) is 42.5 Å². The lowest BCUT2D eigenvalue weighted by atomic mass is 10.1. The van der Waals surface area contributed by atoms with Gasteiger partial charge in [0.25, 0.3) is 0 Å². The summed E-state index contributed by atoms with van der Waals surface area (Å²) in [6.45, 7) is 3.97. The number of aromatic nitrogens is 4. The van der Waals surface area contributed by atoms with Gasteiger partial charge in [0.1, 0.15) is 5.75 Å². The molecule has 0 spiro atoms. The summed E-state index contributed by atoms with van der Waals surface area (Å²) in [7, 11) is 0. The third kappa shape index (κ3) is 4.82.